The minimum Gasteiger partial charge on any atom is -0.462 e. The number of rotatable bonds is 7. The Morgan fingerprint density at radius 1 is 0.968 bits per heavy atom. The first kappa shape index (κ1) is 21.3. The summed E-state index contributed by atoms with van der Waals surface area (Å²) in [5.74, 6) is -0.922. The molecule has 0 atom stereocenters. The molecule has 1 aliphatic rings. The lowest BCUT2D eigenvalue weighted by Gasteiger charge is -2.18. The molecule has 1 aliphatic carbocycles. The van der Waals surface area contributed by atoms with E-state index in [4.69, 9.17) is 4.74 Å². The third kappa shape index (κ3) is 4.72. The molecular weight excluding hydrogens is 406 g/mol. The normalized spacial score (nSPS) is 13.0. The molecule has 0 aliphatic heterocycles. The van der Waals surface area contributed by atoms with Gasteiger partial charge in [0.25, 0.3) is 0 Å². The number of esters is 1. The molecule has 3 aromatic rings. The van der Waals surface area contributed by atoms with Crippen LogP contribution in [0.1, 0.15) is 64.0 Å². The second kappa shape index (κ2) is 9.92. The molecule has 1 aromatic heterocycles. The number of nitrogens with one attached hydrogen (secondary N) is 1. The zero-order valence-corrected chi connectivity index (χ0v) is 18.5. The van der Waals surface area contributed by atoms with E-state index in [0.717, 1.165) is 48.8 Å². The fraction of sp³-hybridized carbons (Fsp3) is 0.308. The number of carbonyl (C=O) groups excluding carboxylic acids is 2. The fourth-order valence-corrected chi connectivity index (χ4v) is 5.39. The third-order valence-electron chi connectivity index (χ3n) is 5.58. The van der Waals surface area contributed by atoms with E-state index in [0.29, 0.717) is 17.2 Å². The van der Waals surface area contributed by atoms with Crippen LogP contribution in [0.3, 0.4) is 0 Å². The first-order chi connectivity index (χ1) is 15.2. The zero-order chi connectivity index (χ0) is 21.6. The highest BCUT2D eigenvalue weighted by Gasteiger charge is 2.30. The highest BCUT2D eigenvalue weighted by Crippen LogP contribution is 2.39. The zero-order valence-electron chi connectivity index (χ0n) is 17.7. The van der Waals surface area contributed by atoms with Gasteiger partial charge in [0, 0.05) is 4.88 Å². The maximum atomic E-state index is 13.6. The number of anilines is 1. The van der Waals surface area contributed by atoms with E-state index in [1.54, 1.807) is 0 Å². The Morgan fingerprint density at radius 2 is 1.58 bits per heavy atom. The first-order valence-corrected chi connectivity index (χ1v) is 11.7. The molecule has 160 valence electrons. The lowest BCUT2D eigenvalue weighted by atomic mass is 9.90. The average Bonchev–Trinajstić information content (AvgIpc) is 3.17. The van der Waals surface area contributed by atoms with Gasteiger partial charge in [0.1, 0.15) is 5.00 Å². The first-order valence-electron chi connectivity index (χ1n) is 10.9. The standard InChI is InChI=1S/C26H27NO3S/c1-2-17-30-26(29)23-20-15-9-10-16-21(20)31-25(23)27-24(28)22(18-11-5-3-6-12-18)19-13-7-4-8-14-19/h3-8,11-14,22H,2,9-10,15-17H2,1H3,(H,27,28). The molecule has 4 nitrogen and oxygen atoms in total. The molecule has 1 heterocycles. The van der Waals surface area contributed by atoms with E-state index in [2.05, 4.69) is 5.32 Å². The smallest absolute Gasteiger partial charge is 0.341 e. The van der Waals surface area contributed by atoms with E-state index >= 15 is 0 Å². The molecule has 0 saturated carbocycles. The molecule has 0 fully saturated rings. The van der Waals surface area contributed by atoms with Crippen LogP contribution in [0.25, 0.3) is 0 Å². The van der Waals surface area contributed by atoms with Crippen molar-refractivity contribution < 1.29 is 14.3 Å². The second-order valence-corrected chi connectivity index (χ2v) is 8.90. The molecule has 5 heteroatoms. The van der Waals surface area contributed by atoms with Crippen molar-refractivity contribution in [3.05, 3.63) is 87.8 Å². The van der Waals surface area contributed by atoms with Gasteiger partial charge in [-0.1, -0.05) is 67.6 Å². The van der Waals surface area contributed by atoms with Gasteiger partial charge in [-0.25, -0.2) is 4.79 Å². The molecule has 0 saturated heterocycles. The molecule has 1 N–H and O–H groups in total. The van der Waals surface area contributed by atoms with Crippen LogP contribution in [0.5, 0.6) is 0 Å². The van der Waals surface area contributed by atoms with Crippen LogP contribution in [0.2, 0.25) is 0 Å². The van der Waals surface area contributed by atoms with Gasteiger partial charge in [-0.2, -0.15) is 0 Å². The van der Waals surface area contributed by atoms with E-state index in [9.17, 15) is 9.59 Å². The van der Waals surface area contributed by atoms with Crippen molar-refractivity contribution in [3.63, 3.8) is 0 Å². The molecule has 31 heavy (non-hydrogen) atoms. The summed E-state index contributed by atoms with van der Waals surface area (Å²) in [5, 5.41) is 3.72. The predicted molar refractivity (Wildman–Crippen MR) is 125 cm³/mol. The van der Waals surface area contributed by atoms with Crippen LogP contribution in [0.15, 0.2) is 60.7 Å². The number of amides is 1. The fourth-order valence-electron chi connectivity index (χ4n) is 4.11. The third-order valence-corrected chi connectivity index (χ3v) is 6.78. The lowest BCUT2D eigenvalue weighted by molar-refractivity contribution is -0.116. The van der Waals surface area contributed by atoms with E-state index in [1.807, 2.05) is 67.6 Å². The summed E-state index contributed by atoms with van der Waals surface area (Å²) in [7, 11) is 0. The maximum absolute atomic E-state index is 13.6. The Hall–Kier alpha value is -2.92. The minimum atomic E-state index is -0.457. The predicted octanol–water partition coefficient (Wildman–Crippen LogP) is 5.96. The highest BCUT2D eigenvalue weighted by molar-refractivity contribution is 7.17. The Balaban J connectivity index is 1.69. The summed E-state index contributed by atoms with van der Waals surface area (Å²) < 4.78 is 5.47. The number of carbonyl (C=O) groups is 2. The molecule has 4 rings (SSSR count). The summed E-state index contributed by atoms with van der Waals surface area (Å²) in [5.41, 5.74) is 3.45. The van der Waals surface area contributed by atoms with Crippen molar-refractivity contribution in [3.8, 4) is 0 Å². The van der Waals surface area contributed by atoms with Gasteiger partial charge >= 0.3 is 5.97 Å². The molecule has 1 amide bonds. The molecule has 0 unspecified atom stereocenters. The van der Waals surface area contributed by atoms with Gasteiger partial charge < -0.3 is 10.1 Å². The number of ether oxygens (including phenoxy) is 1. The van der Waals surface area contributed by atoms with Crippen LogP contribution in [0, 0.1) is 0 Å². The number of hydrogen-bond donors (Lipinski definition) is 1. The Bertz CT molecular complexity index is 1000. The number of thiophene rings is 1. The molecule has 0 bridgehead atoms. The van der Waals surface area contributed by atoms with Gasteiger partial charge in [0.15, 0.2) is 0 Å². The summed E-state index contributed by atoms with van der Waals surface area (Å²) >= 11 is 1.53. The maximum Gasteiger partial charge on any atom is 0.341 e. The van der Waals surface area contributed by atoms with Gasteiger partial charge in [-0.15, -0.1) is 11.3 Å². The van der Waals surface area contributed by atoms with E-state index in [-0.39, 0.29) is 11.9 Å². The van der Waals surface area contributed by atoms with Gasteiger partial charge in [-0.3, -0.25) is 4.79 Å². The van der Waals surface area contributed by atoms with Crippen molar-refractivity contribution in [1.29, 1.82) is 0 Å². The summed E-state index contributed by atoms with van der Waals surface area (Å²) in [6.07, 6.45) is 4.75. The SMILES string of the molecule is CCCOC(=O)c1c(NC(=O)C(c2ccccc2)c2ccccc2)sc2c1CCCC2. The monoisotopic (exact) mass is 433 g/mol. The molecular formula is C26H27NO3S. The quantitative estimate of drug-likeness (QED) is 0.468. The Labute approximate surface area is 187 Å². The summed E-state index contributed by atoms with van der Waals surface area (Å²) in [6.45, 7) is 2.36. The van der Waals surface area contributed by atoms with Crippen LogP contribution in [-0.4, -0.2) is 18.5 Å². The van der Waals surface area contributed by atoms with E-state index in [1.165, 1.54) is 16.2 Å². The van der Waals surface area contributed by atoms with Gasteiger partial charge in [-0.05, 0) is 48.8 Å². The van der Waals surface area contributed by atoms with Crippen molar-refractivity contribution in [1.82, 2.24) is 0 Å². The van der Waals surface area contributed by atoms with Crippen LogP contribution < -0.4 is 5.32 Å². The second-order valence-electron chi connectivity index (χ2n) is 7.79. The van der Waals surface area contributed by atoms with E-state index < -0.39 is 5.92 Å². The summed E-state index contributed by atoms with van der Waals surface area (Å²) in [6, 6.07) is 19.5. The number of hydrogen-bond acceptors (Lipinski definition) is 4. The van der Waals surface area contributed by atoms with Crippen molar-refractivity contribution in [2.75, 3.05) is 11.9 Å². The number of fused-ring (bicyclic) bond motifs is 1. The summed E-state index contributed by atoms with van der Waals surface area (Å²) in [4.78, 5) is 27.6. The largest absolute Gasteiger partial charge is 0.462 e. The molecule has 0 spiro atoms. The van der Waals surface area contributed by atoms with Crippen molar-refractivity contribution >= 4 is 28.2 Å². The van der Waals surface area contributed by atoms with Crippen LogP contribution in [0.4, 0.5) is 5.00 Å². The van der Waals surface area contributed by atoms with Gasteiger partial charge in [0.05, 0.1) is 18.1 Å². The van der Waals surface area contributed by atoms with Gasteiger partial charge in [0.2, 0.25) is 5.91 Å². The van der Waals surface area contributed by atoms with Crippen molar-refractivity contribution in [2.24, 2.45) is 0 Å². The average molecular weight is 434 g/mol. The molecule has 2 aromatic carbocycles. The topological polar surface area (TPSA) is 55.4 Å². The van der Waals surface area contributed by atoms with Crippen LogP contribution >= 0.6 is 11.3 Å². The molecule has 0 radical (unpaired) electrons. The minimum absolute atomic E-state index is 0.138. The Kier molecular flexibility index (Phi) is 6.82. The number of aryl methyl sites for hydroxylation is 1. The number of benzene rings is 2. The van der Waals surface area contributed by atoms with Crippen LogP contribution in [-0.2, 0) is 22.4 Å². The Morgan fingerprint density at radius 3 is 2.19 bits per heavy atom. The van der Waals surface area contributed by atoms with Crippen molar-refractivity contribution in [2.45, 2.75) is 44.9 Å². The highest BCUT2D eigenvalue weighted by atomic mass is 32.1. The lowest BCUT2D eigenvalue weighted by Crippen LogP contribution is -2.23.